The standard InChI is InChI=1S/C13H18N2O5/c1-14(7-9-4-3-5-20-9)13(18)15-8-10(19-2)6-11(15)12(16)17/h3-5,10-11H,6-8H2,1-2H3,(H,16,17). The molecule has 0 aromatic carbocycles. The highest BCUT2D eigenvalue weighted by Gasteiger charge is 2.40. The molecule has 1 fully saturated rings. The van der Waals surface area contributed by atoms with Crippen molar-refractivity contribution in [2.24, 2.45) is 0 Å². The first-order chi connectivity index (χ1) is 9.52. The highest BCUT2D eigenvalue weighted by molar-refractivity contribution is 5.83. The summed E-state index contributed by atoms with van der Waals surface area (Å²) < 4.78 is 10.3. The maximum absolute atomic E-state index is 12.3. The van der Waals surface area contributed by atoms with E-state index in [1.807, 2.05) is 0 Å². The quantitative estimate of drug-likeness (QED) is 0.891. The van der Waals surface area contributed by atoms with Gasteiger partial charge >= 0.3 is 12.0 Å². The molecule has 2 amide bonds. The van der Waals surface area contributed by atoms with Crippen molar-refractivity contribution >= 4 is 12.0 Å². The van der Waals surface area contributed by atoms with Gasteiger partial charge in [-0.2, -0.15) is 0 Å². The van der Waals surface area contributed by atoms with Crippen LogP contribution in [0.2, 0.25) is 0 Å². The number of hydrogen-bond acceptors (Lipinski definition) is 4. The first-order valence-electron chi connectivity index (χ1n) is 6.32. The van der Waals surface area contributed by atoms with Crippen LogP contribution in [-0.4, -0.2) is 59.8 Å². The number of carboxylic acid groups (broad SMARTS) is 1. The summed E-state index contributed by atoms with van der Waals surface area (Å²) in [5.41, 5.74) is 0. The Bertz CT molecular complexity index is 473. The van der Waals surface area contributed by atoms with Crippen LogP contribution >= 0.6 is 0 Å². The predicted octanol–water partition coefficient (Wildman–Crippen LogP) is 1.01. The molecule has 1 aromatic heterocycles. The first-order valence-corrected chi connectivity index (χ1v) is 6.32. The van der Waals surface area contributed by atoms with Gasteiger partial charge in [-0.25, -0.2) is 9.59 Å². The van der Waals surface area contributed by atoms with E-state index in [-0.39, 0.29) is 18.7 Å². The van der Waals surface area contributed by atoms with Crippen molar-refractivity contribution < 1.29 is 23.8 Å². The molecule has 1 aromatic rings. The molecule has 1 N–H and O–H groups in total. The van der Waals surface area contributed by atoms with Crippen molar-refractivity contribution in [1.29, 1.82) is 0 Å². The second-order valence-electron chi connectivity index (χ2n) is 4.82. The van der Waals surface area contributed by atoms with Crippen LogP contribution in [0.25, 0.3) is 0 Å². The van der Waals surface area contributed by atoms with E-state index >= 15 is 0 Å². The number of likely N-dealkylation sites (tertiary alicyclic amines) is 1. The fourth-order valence-corrected chi connectivity index (χ4v) is 2.34. The van der Waals surface area contributed by atoms with E-state index in [0.717, 1.165) is 0 Å². The van der Waals surface area contributed by atoms with E-state index in [1.165, 1.54) is 23.2 Å². The number of rotatable bonds is 4. The molecule has 1 aliphatic heterocycles. The van der Waals surface area contributed by atoms with Gasteiger partial charge in [0.15, 0.2) is 0 Å². The van der Waals surface area contributed by atoms with Crippen LogP contribution in [0.5, 0.6) is 0 Å². The fourth-order valence-electron chi connectivity index (χ4n) is 2.34. The van der Waals surface area contributed by atoms with E-state index in [4.69, 9.17) is 9.15 Å². The lowest BCUT2D eigenvalue weighted by Gasteiger charge is -2.27. The largest absolute Gasteiger partial charge is 0.480 e. The van der Waals surface area contributed by atoms with Crippen LogP contribution in [0.1, 0.15) is 12.2 Å². The Balaban J connectivity index is 2.04. The normalized spacial score (nSPS) is 22.0. The molecule has 1 aliphatic rings. The summed E-state index contributed by atoms with van der Waals surface area (Å²) in [6.07, 6.45) is 1.61. The number of amides is 2. The molecule has 110 valence electrons. The van der Waals surface area contributed by atoms with Gasteiger partial charge in [-0.3, -0.25) is 0 Å². The van der Waals surface area contributed by atoms with Gasteiger partial charge in [0.1, 0.15) is 11.8 Å². The number of aliphatic carboxylic acids is 1. The maximum Gasteiger partial charge on any atom is 0.326 e. The fraction of sp³-hybridized carbons (Fsp3) is 0.538. The lowest BCUT2D eigenvalue weighted by atomic mass is 10.2. The van der Waals surface area contributed by atoms with Crippen LogP contribution in [0, 0.1) is 0 Å². The second-order valence-corrected chi connectivity index (χ2v) is 4.82. The SMILES string of the molecule is COC1CC(C(=O)O)N(C(=O)N(C)Cc2ccco2)C1. The highest BCUT2D eigenvalue weighted by atomic mass is 16.5. The van der Waals surface area contributed by atoms with E-state index < -0.39 is 12.0 Å². The van der Waals surface area contributed by atoms with Crippen molar-refractivity contribution in [3.63, 3.8) is 0 Å². The number of carboxylic acids is 1. The second kappa shape index (κ2) is 5.96. The Morgan fingerprint density at radius 1 is 1.60 bits per heavy atom. The predicted molar refractivity (Wildman–Crippen MR) is 69.1 cm³/mol. The zero-order chi connectivity index (χ0) is 14.7. The number of carbonyl (C=O) groups excluding carboxylic acids is 1. The summed E-state index contributed by atoms with van der Waals surface area (Å²) >= 11 is 0. The number of hydrogen-bond donors (Lipinski definition) is 1. The van der Waals surface area contributed by atoms with Crippen LogP contribution in [0.3, 0.4) is 0 Å². The van der Waals surface area contributed by atoms with Gasteiger partial charge in [-0.15, -0.1) is 0 Å². The Kier molecular flexibility index (Phi) is 4.29. The Hall–Kier alpha value is -2.02. The number of methoxy groups -OCH3 is 1. The number of nitrogens with zero attached hydrogens (tertiary/aromatic N) is 2. The van der Waals surface area contributed by atoms with Crippen LogP contribution in [-0.2, 0) is 16.1 Å². The van der Waals surface area contributed by atoms with E-state index in [9.17, 15) is 14.7 Å². The van der Waals surface area contributed by atoms with E-state index in [2.05, 4.69) is 0 Å². The third kappa shape index (κ3) is 2.93. The number of furan rings is 1. The summed E-state index contributed by atoms with van der Waals surface area (Å²) in [6.45, 7) is 0.584. The molecule has 0 radical (unpaired) electrons. The molecule has 7 heteroatoms. The molecule has 0 aliphatic carbocycles. The third-order valence-electron chi connectivity index (χ3n) is 3.43. The minimum atomic E-state index is -1.01. The van der Waals surface area contributed by atoms with Gasteiger partial charge in [-0.1, -0.05) is 0 Å². The third-order valence-corrected chi connectivity index (χ3v) is 3.43. The maximum atomic E-state index is 12.3. The number of carbonyl (C=O) groups is 2. The zero-order valence-corrected chi connectivity index (χ0v) is 11.5. The monoisotopic (exact) mass is 282 g/mol. The van der Waals surface area contributed by atoms with Gasteiger partial charge in [0, 0.05) is 27.1 Å². The smallest absolute Gasteiger partial charge is 0.326 e. The van der Waals surface area contributed by atoms with Crippen LogP contribution in [0.15, 0.2) is 22.8 Å². The van der Waals surface area contributed by atoms with E-state index in [0.29, 0.717) is 18.7 Å². The summed E-state index contributed by atoms with van der Waals surface area (Å²) in [7, 11) is 3.13. The van der Waals surface area contributed by atoms with Gasteiger partial charge < -0.3 is 24.1 Å². The minimum absolute atomic E-state index is 0.239. The molecule has 2 rings (SSSR count). The van der Waals surface area contributed by atoms with Crippen molar-refractivity contribution in [2.45, 2.75) is 25.1 Å². The van der Waals surface area contributed by atoms with Crippen LogP contribution in [0.4, 0.5) is 4.79 Å². The minimum Gasteiger partial charge on any atom is -0.480 e. The Morgan fingerprint density at radius 3 is 2.90 bits per heavy atom. The van der Waals surface area contributed by atoms with Gasteiger partial charge in [0.05, 0.1) is 18.9 Å². The van der Waals surface area contributed by atoms with Gasteiger partial charge in [0.2, 0.25) is 0 Å². The average molecular weight is 282 g/mol. The molecular weight excluding hydrogens is 264 g/mol. The molecule has 0 saturated carbocycles. The van der Waals surface area contributed by atoms with Crippen molar-refractivity contribution in [1.82, 2.24) is 9.80 Å². The first kappa shape index (κ1) is 14.4. The molecule has 0 bridgehead atoms. The molecule has 7 nitrogen and oxygen atoms in total. The lowest BCUT2D eigenvalue weighted by molar-refractivity contribution is -0.141. The van der Waals surface area contributed by atoms with Gasteiger partial charge in [-0.05, 0) is 12.1 Å². The Morgan fingerprint density at radius 2 is 2.35 bits per heavy atom. The highest BCUT2D eigenvalue weighted by Crippen LogP contribution is 2.22. The summed E-state index contributed by atoms with van der Waals surface area (Å²) in [5.74, 6) is -0.362. The molecule has 0 spiro atoms. The molecular formula is C13H18N2O5. The van der Waals surface area contributed by atoms with Crippen molar-refractivity contribution in [3.05, 3.63) is 24.2 Å². The summed E-state index contributed by atoms with van der Waals surface area (Å²) in [4.78, 5) is 26.3. The summed E-state index contributed by atoms with van der Waals surface area (Å²) in [5, 5.41) is 9.20. The van der Waals surface area contributed by atoms with Gasteiger partial charge in [0.25, 0.3) is 0 Å². The molecule has 2 atom stereocenters. The topological polar surface area (TPSA) is 83.2 Å². The lowest BCUT2D eigenvalue weighted by Crippen LogP contribution is -2.46. The Labute approximate surface area is 116 Å². The molecule has 1 saturated heterocycles. The number of urea groups is 1. The average Bonchev–Trinajstić information content (AvgIpc) is 3.06. The molecule has 20 heavy (non-hydrogen) atoms. The summed E-state index contributed by atoms with van der Waals surface area (Å²) in [6, 6.07) is 2.32. The van der Waals surface area contributed by atoms with Crippen LogP contribution < -0.4 is 0 Å². The number of ether oxygens (including phenoxy) is 1. The zero-order valence-electron chi connectivity index (χ0n) is 11.5. The molecule has 2 heterocycles. The van der Waals surface area contributed by atoms with E-state index in [1.54, 1.807) is 19.2 Å². The van der Waals surface area contributed by atoms with Crippen molar-refractivity contribution in [2.75, 3.05) is 20.7 Å². The molecule has 2 unspecified atom stereocenters. The van der Waals surface area contributed by atoms with Crippen molar-refractivity contribution in [3.8, 4) is 0 Å².